The van der Waals surface area contributed by atoms with Gasteiger partial charge in [0.15, 0.2) is 6.10 Å². The molecule has 0 aliphatic rings. The number of methoxy groups -OCH3 is 1. The molecule has 7 heteroatoms. The topological polar surface area (TPSA) is 105 Å². The largest absolute Gasteiger partial charge is 0.497 e. The van der Waals surface area contributed by atoms with Gasteiger partial charge in [-0.2, -0.15) is 0 Å². The Kier molecular flexibility index (Phi) is 6.48. The lowest BCUT2D eigenvalue weighted by molar-refractivity contribution is -0.148. The minimum atomic E-state index is -1.66. The molecule has 7 nitrogen and oxygen atoms in total. The minimum absolute atomic E-state index is 0.0371. The van der Waals surface area contributed by atoms with Crippen molar-refractivity contribution in [2.75, 3.05) is 7.11 Å². The van der Waals surface area contributed by atoms with Crippen LogP contribution in [-0.2, 0) is 16.1 Å². The van der Waals surface area contributed by atoms with E-state index in [2.05, 4.69) is 5.32 Å². The first-order chi connectivity index (χ1) is 9.97. The minimum Gasteiger partial charge on any atom is -0.497 e. The molecule has 3 N–H and O–H groups in total. The second kappa shape index (κ2) is 8.11. The predicted molar refractivity (Wildman–Crippen MR) is 74.0 cm³/mol. The maximum absolute atomic E-state index is 11.6. The SMILES string of the molecule is CC[C@@H](NC(=O)OCc1ccc(OC)cc1)[C@H](O)C(=O)O. The average molecular weight is 297 g/mol. The van der Waals surface area contributed by atoms with Crippen LogP contribution in [-0.4, -0.2) is 41.5 Å². The molecule has 0 aromatic heterocycles. The summed E-state index contributed by atoms with van der Waals surface area (Å²) in [5.74, 6) is -0.698. The highest BCUT2D eigenvalue weighted by Crippen LogP contribution is 2.12. The standard InChI is InChI=1S/C14H19NO6/c1-3-11(12(16)13(17)18)15-14(19)21-8-9-4-6-10(20-2)7-5-9/h4-7,11-12,16H,3,8H2,1-2H3,(H,15,19)(H,17,18)/t11-,12+/m1/s1. The third-order valence-corrected chi connectivity index (χ3v) is 2.91. The number of carbonyl (C=O) groups excluding carboxylic acids is 1. The molecule has 0 saturated carbocycles. The van der Waals surface area contributed by atoms with Crippen LogP contribution in [0.5, 0.6) is 5.75 Å². The summed E-state index contributed by atoms with van der Waals surface area (Å²) in [6, 6.07) is 6.07. The zero-order valence-electron chi connectivity index (χ0n) is 11.9. The normalized spacial score (nSPS) is 13.1. The van der Waals surface area contributed by atoms with Gasteiger partial charge in [0, 0.05) is 0 Å². The molecule has 1 aromatic rings. The number of aliphatic hydroxyl groups is 1. The van der Waals surface area contributed by atoms with E-state index in [9.17, 15) is 14.7 Å². The maximum Gasteiger partial charge on any atom is 0.407 e. The molecule has 0 unspecified atom stereocenters. The smallest absolute Gasteiger partial charge is 0.407 e. The molecule has 116 valence electrons. The third kappa shape index (κ3) is 5.31. The van der Waals surface area contributed by atoms with Crippen LogP contribution < -0.4 is 10.1 Å². The second-order valence-electron chi connectivity index (χ2n) is 4.37. The number of benzene rings is 1. The Balaban J connectivity index is 2.47. The number of nitrogens with one attached hydrogen (secondary N) is 1. The van der Waals surface area contributed by atoms with E-state index in [0.717, 1.165) is 5.56 Å². The first kappa shape index (κ1) is 16.8. The lowest BCUT2D eigenvalue weighted by atomic mass is 10.1. The highest BCUT2D eigenvalue weighted by atomic mass is 16.5. The summed E-state index contributed by atoms with van der Waals surface area (Å²) in [6.07, 6.45) is -2.17. The summed E-state index contributed by atoms with van der Waals surface area (Å²) in [5.41, 5.74) is 0.762. The van der Waals surface area contributed by atoms with Gasteiger partial charge in [-0.25, -0.2) is 9.59 Å². The van der Waals surface area contributed by atoms with Crippen molar-refractivity contribution in [2.24, 2.45) is 0 Å². The zero-order valence-corrected chi connectivity index (χ0v) is 11.9. The molecule has 1 rings (SSSR count). The quantitative estimate of drug-likeness (QED) is 0.697. The lowest BCUT2D eigenvalue weighted by Gasteiger charge is -2.19. The van der Waals surface area contributed by atoms with Gasteiger partial charge in [0.25, 0.3) is 0 Å². The molecule has 0 saturated heterocycles. The molecule has 0 spiro atoms. The molecule has 1 amide bonds. The number of carboxylic acids is 1. The van der Waals surface area contributed by atoms with Crippen LogP contribution in [0, 0.1) is 0 Å². The van der Waals surface area contributed by atoms with E-state index in [0.29, 0.717) is 5.75 Å². The number of ether oxygens (including phenoxy) is 2. The summed E-state index contributed by atoms with van der Waals surface area (Å²) in [6.45, 7) is 1.69. The van der Waals surface area contributed by atoms with E-state index < -0.39 is 24.2 Å². The number of alkyl carbamates (subject to hydrolysis) is 1. The van der Waals surface area contributed by atoms with Crippen LogP contribution in [0.15, 0.2) is 24.3 Å². The summed E-state index contributed by atoms with van der Waals surface area (Å²) < 4.78 is 9.98. The Labute approximate surface area is 122 Å². The van der Waals surface area contributed by atoms with Crippen molar-refractivity contribution in [1.82, 2.24) is 5.32 Å². The Hall–Kier alpha value is -2.28. The number of hydrogen-bond acceptors (Lipinski definition) is 5. The van der Waals surface area contributed by atoms with Gasteiger partial charge in [-0.15, -0.1) is 0 Å². The fraction of sp³-hybridized carbons (Fsp3) is 0.429. The van der Waals surface area contributed by atoms with Crippen molar-refractivity contribution in [3.63, 3.8) is 0 Å². The van der Waals surface area contributed by atoms with Gasteiger partial charge in [0.1, 0.15) is 12.4 Å². The van der Waals surface area contributed by atoms with Crippen LogP contribution in [0.4, 0.5) is 4.79 Å². The van der Waals surface area contributed by atoms with E-state index in [4.69, 9.17) is 14.6 Å². The van der Waals surface area contributed by atoms with E-state index in [1.165, 1.54) is 0 Å². The average Bonchev–Trinajstić information content (AvgIpc) is 2.50. The van der Waals surface area contributed by atoms with E-state index in [-0.39, 0.29) is 13.0 Å². The molecular formula is C14H19NO6. The van der Waals surface area contributed by atoms with Crippen LogP contribution in [0.2, 0.25) is 0 Å². The number of rotatable bonds is 7. The van der Waals surface area contributed by atoms with Gasteiger partial charge in [0.2, 0.25) is 0 Å². The molecule has 0 radical (unpaired) electrons. The predicted octanol–water partition coefficient (Wildman–Crippen LogP) is 1.15. The molecular weight excluding hydrogens is 278 g/mol. The molecule has 2 atom stereocenters. The Morgan fingerprint density at radius 2 is 1.90 bits per heavy atom. The van der Waals surface area contributed by atoms with Crippen molar-refractivity contribution >= 4 is 12.1 Å². The molecule has 0 fully saturated rings. The summed E-state index contributed by atoms with van der Waals surface area (Å²) >= 11 is 0. The summed E-state index contributed by atoms with van der Waals surface area (Å²) in [5, 5.41) is 20.4. The van der Waals surface area contributed by atoms with Gasteiger partial charge in [-0.05, 0) is 24.1 Å². The molecule has 0 aliphatic carbocycles. The van der Waals surface area contributed by atoms with Gasteiger partial charge in [0.05, 0.1) is 13.2 Å². The van der Waals surface area contributed by atoms with Crippen LogP contribution >= 0.6 is 0 Å². The number of carboxylic acid groups (broad SMARTS) is 1. The highest BCUT2D eigenvalue weighted by Gasteiger charge is 2.26. The molecule has 0 heterocycles. The van der Waals surface area contributed by atoms with Gasteiger partial charge in [-0.3, -0.25) is 0 Å². The zero-order chi connectivity index (χ0) is 15.8. The number of carbonyl (C=O) groups is 2. The molecule has 0 aliphatic heterocycles. The van der Waals surface area contributed by atoms with Crippen molar-refractivity contribution < 1.29 is 29.3 Å². The third-order valence-electron chi connectivity index (χ3n) is 2.91. The number of hydrogen-bond donors (Lipinski definition) is 3. The lowest BCUT2D eigenvalue weighted by Crippen LogP contribution is -2.46. The number of aliphatic carboxylic acids is 1. The van der Waals surface area contributed by atoms with Crippen LogP contribution in [0.3, 0.4) is 0 Å². The first-order valence-corrected chi connectivity index (χ1v) is 6.45. The van der Waals surface area contributed by atoms with Crippen LogP contribution in [0.1, 0.15) is 18.9 Å². The van der Waals surface area contributed by atoms with E-state index >= 15 is 0 Å². The molecule has 1 aromatic carbocycles. The van der Waals surface area contributed by atoms with E-state index in [1.807, 2.05) is 0 Å². The summed E-state index contributed by atoms with van der Waals surface area (Å²) in [7, 11) is 1.55. The van der Waals surface area contributed by atoms with Gasteiger partial charge < -0.3 is 25.0 Å². The van der Waals surface area contributed by atoms with E-state index in [1.54, 1.807) is 38.3 Å². The van der Waals surface area contributed by atoms with Gasteiger partial charge >= 0.3 is 12.1 Å². The van der Waals surface area contributed by atoms with Gasteiger partial charge in [-0.1, -0.05) is 19.1 Å². The van der Waals surface area contributed by atoms with Crippen molar-refractivity contribution in [3.05, 3.63) is 29.8 Å². The van der Waals surface area contributed by atoms with Crippen molar-refractivity contribution in [3.8, 4) is 5.75 Å². The fourth-order valence-electron chi connectivity index (χ4n) is 1.64. The fourth-order valence-corrected chi connectivity index (χ4v) is 1.64. The Morgan fingerprint density at radius 1 is 1.29 bits per heavy atom. The second-order valence-corrected chi connectivity index (χ2v) is 4.37. The molecule has 21 heavy (non-hydrogen) atoms. The molecule has 0 bridgehead atoms. The Bertz CT molecular complexity index is 473. The summed E-state index contributed by atoms with van der Waals surface area (Å²) in [4.78, 5) is 22.2. The van der Waals surface area contributed by atoms with Crippen LogP contribution in [0.25, 0.3) is 0 Å². The van der Waals surface area contributed by atoms with Crippen molar-refractivity contribution in [1.29, 1.82) is 0 Å². The number of amides is 1. The monoisotopic (exact) mass is 297 g/mol. The van der Waals surface area contributed by atoms with Crippen molar-refractivity contribution in [2.45, 2.75) is 32.1 Å². The Morgan fingerprint density at radius 3 is 2.38 bits per heavy atom. The highest BCUT2D eigenvalue weighted by molar-refractivity contribution is 5.75. The number of aliphatic hydroxyl groups excluding tert-OH is 1. The first-order valence-electron chi connectivity index (χ1n) is 6.45. The maximum atomic E-state index is 11.6.